The molecule has 0 bridgehead atoms. The number of nitrogens with zero attached hydrogens (tertiary/aromatic N) is 3. The molecule has 0 spiro atoms. The van der Waals surface area contributed by atoms with Crippen LogP contribution < -0.4 is 0 Å². The van der Waals surface area contributed by atoms with Gasteiger partial charge in [-0.05, 0) is 19.2 Å². The number of para-hydroxylation sites is 1. The number of sulfonamides is 1. The number of likely N-dealkylation sites (N-methyl/N-ethyl adjacent to an activating group) is 1. The topological polar surface area (TPSA) is 83.8 Å². The molecule has 0 atom stereocenters. The first kappa shape index (κ1) is 14.8. The van der Waals surface area contributed by atoms with Crippen LogP contribution in [-0.2, 0) is 10.0 Å². The summed E-state index contributed by atoms with van der Waals surface area (Å²) in [4.78, 5) is 11.3. The zero-order chi connectivity index (χ0) is 14.9. The van der Waals surface area contributed by atoms with E-state index >= 15 is 0 Å². The van der Waals surface area contributed by atoms with Gasteiger partial charge in [-0.2, -0.15) is 8.70 Å². The quantitative estimate of drug-likeness (QED) is 0.605. The third kappa shape index (κ3) is 2.65. The normalized spacial score (nSPS) is 18.1. The first-order valence-electron chi connectivity index (χ1n) is 5.95. The summed E-state index contributed by atoms with van der Waals surface area (Å²) in [5.41, 5.74) is -0.994. The van der Waals surface area contributed by atoms with Crippen LogP contribution in [0.4, 0.5) is 10.1 Å². The zero-order valence-electron chi connectivity index (χ0n) is 10.8. The van der Waals surface area contributed by atoms with Gasteiger partial charge in [0.1, 0.15) is 0 Å². The average molecular weight is 303 g/mol. The molecule has 7 nitrogen and oxygen atoms in total. The van der Waals surface area contributed by atoms with Crippen LogP contribution in [0.3, 0.4) is 0 Å². The Hall–Kier alpha value is -1.58. The molecule has 0 N–H and O–H groups in total. The van der Waals surface area contributed by atoms with Gasteiger partial charge in [-0.15, -0.1) is 0 Å². The van der Waals surface area contributed by atoms with E-state index in [1.165, 1.54) is 0 Å². The summed E-state index contributed by atoms with van der Waals surface area (Å²) < 4.78 is 39.5. The smallest absolute Gasteiger partial charge is 0.304 e. The Morgan fingerprint density at radius 2 is 1.85 bits per heavy atom. The molecular formula is C11H14FN3O4S. The number of hydrogen-bond acceptors (Lipinski definition) is 5. The van der Waals surface area contributed by atoms with Crippen molar-refractivity contribution in [2.45, 2.75) is 4.90 Å². The van der Waals surface area contributed by atoms with E-state index in [1.807, 2.05) is 11.9 Å². The van der Waals surface area contributed by atoms with Crippen LogP contribution in [0.5, 0.6) is 0 Å². The van der Waals surface area contributed by atoms with Crippen molar-refractivity contribution in [2.24, 2.45) is 0 Å². The molecule has 1 saturated heterocycles. The Kier molecular flexibility index (Phi) is 4.02. The molecule has 0 aromatic heterocycles. The first-order valence-corrected chi connectivity index (χ1v) is 7.39. The minimum Gasteiger partial charge on any atom is -0.304 e. The van der Waals surface area contributed by atoms with Gasteiger partial charge in [-0.25, -0.2) is 8.42 Å². The second-order valence-electron chi connectivity index (χ2n) is 4.55. The summed E-state index contributed by atoms with van der Waals surface area (Å²) in [6, 6.07) is 3.10. The molecule has 20 heavy (non-hydrogen) atoms. The number of nitro groups is 1. The van der Waals surface area contributed by atoms with Crippen molar-refractivity contribution in [2.75, 3.05) is 33.2 Å². The maximum atomic E-state index is 13.5. The monoisotopic (exact) mass is 303 g/mol. The summed E-state index contributed by atoms with van der Waals surface area (Å²) >= 11 is 0. The Morgan fingerprint density at radius 3 is 2.40 bits per heavy atom. The number of rotatable bonds is 3. The number of benzene rings is 1. The summed E-state index contributed by atoms with van der Waals surface area (Å²) in [7, 11) is -2.20. The highest BCUT2D eigenvalue weighted by Crippen LogP contribution is 2.29. The lowest BCUT2D eigenvalue weighted by Crippen LogP contribution is -2.47. The molecule has 1 fully saturated rings. The van der Waals surface area contributed by atoms with Gasteiger partial charge in [-0.3, -0.25) is 10.1 Å². The fraction of sp³-hybridized carbons (Fsp3) is 0.455. The second-order valence-corrected chi connectivity index (χ2v) is 6.46. The van der Waals surface area contributed by atoms with Gasteiger partial charge in [0.2, 0.25) is 15.8 Å². The van der Waals surface area contributed by atoms with Crippen LogP contribution in [0, 0.1) is 15.9 Å². The first-order chi connectivity index (χ1) is 9.34. The van der Waals surface area contributed by atoms with E-state index in [-0.39, 0.29) is 13.1 Å². The Balaban J connectivity index is 2.45. The van der Waals surface area contributed by atoms with Crippen LogP contribution in [0.25, 0.3) is 0 Å². The van der Waals surface area contributed by atoms with Crippen molar-refractivity contribution >= 4 is 15.7 Å². The Morgan fingerprint density at radius 1 is 1.25 bits per heavy atom. The molecule has 1 aliphatic heterocycles. The van der Waals surface area contributed by atoms with Gasteiger partial charge in [0, 0.05) is 26.2 Å². The highest BCUT2D eigenvalue weighted by molar-refractivity contribution is 7.89. The molecule has 0 saturated carbocycles. The highest BCUT2D eigenvalue weighted by Gasteiger charge is 2.35. The van der Waals surface area contributed by atoms with Crippen molar-refractivity contribution < 1.29 is 17.7 Å². The third-order valence-corrected chi connectivity index (χ3v) is 5.14. The van der Waals surface area contributed by atoms with Gasteiger partial charge in [0.05, 0.1) is 4.92 Å². The summed E-state index contributed by atoms with van der Waals surface area (Å²) in [5.74, 6) is -1.15. The van der Waals surface area contributed by atoms with E-state index in [0.29, 0.717) is 13.1 Å². The molecule has 0 aliphatic carbocycles. The van der Waals surface area contributed by atoms with Crippen molar-refractivity contribution in [1.82, 2.24) is 9.21 Å². The summed E-state index contributed by atoms with van der Waals surface area (Å²) in [6.07, 6.45) is 0. The lowest BCUT2D eigenvalue weighted by molar-refractivity contribution is -0.390. The van der Waals surface area contributed by atoms with E-state index in [4.69, 9.17) is 0 Å². The van der Waals surface area contributed by atoms with Crippen LogP contribution in [-0.4, -0.2) is 55.8 Å². The fourth-order valence-electron chi connectivity index (χ4n) is 2.05. The fourth-order valence-corrected chi connectivity index (χ4v) is 3.64. The highest BCUT2D eigenvalue weighted by atomic mass is 32.2. The van der Waals surface area contributed by atoms with Crippen molar-refractivity contribution in [3.05, 3.63) is 34.1 Å². The van der Waals surface area contributed by atoms with E-state index in [0.717, 1.165) is 22.5 Å². The van der Waals surface area contributed by atoms with E-state index < -0.39 is 31.3 Å². The molecule has 0 radical (unpaired) electrons. The minimum absolute atomic E-state index is 0.229. The average Bonchev–Trinajstić information content (AvgIpc) is 2.38. The van der Waals surface area contributed by atoms with Gasteiger partial charge >= 0.3 is 5.69 Å². The molecule has 110 valence electrons. The van der Waals surface area contributed by atoms with E-state index in [9.17, 15) is 22.9 Å². The zero-order valence-corrected chi connectivity index (χ0v) is 11.6. The molecule has 0 unspecified atom stereocenters. The van der Waals surface area contributed by atoms with E-state index in [1.54, 1.807) is 0 Å². The molecule has 1 aromatic carbocycles. The van der Waals surface area contributed by atoms with Crippen LogP contribution in [0.2, 0.25) is 0 Å². The number of halogens is 1. The summed E-state index contributed by atoms with van der Waals surface area (Å²) in [6.45, 7) is 1.52. The van der Waals surface area contributed by atoms with Gasteiger partial charge in [0.15, 0.2) is 4.90 Å². The largest absolute Gasteiger partial charge is 0.324 e. The SMILES string of the molecule is CN1CCN(S(=O)(=O)c2cccc(F)c2[N+](=O)[O-])CC1. The predicted octanol–water partition coefficient (Wildman–Crippen LogP) is 0.670. The molecule has 2 rings (SSSR count). The standard InChI is InChI=1S/C11H14FN3O4S/c1-13-5-7-14(8-6-13)20(18,19)10-4-2-3-9(12)11(10)15(16)17/h2-4H,5-8H2,1H3. The third-order valence-electron chi connectivity index (χ3n) is 3.21. The van der Waals surface area contributed by atoms with Gasteiger partial charge in [0.25, 0.3) is 0 Å². The molecule has 1 aliphatic rings. The van der Waals surface area contributed by atoms with Crippen molar-refractivity contribution in [3.63, 3.8) is 0 Å². The van der Waals surface area contributed by atoms with Crippen molar-refractivity contribution in [3.8, 4) is 0 Å². The molecule has 0 amide bonds. The van der Waals surface area contributed by atoms with E-state index in [2.05, 4.69) is 0 Å². The maximum Gasteiger partial charge on any atom is 0.324 e. The lowest BCUT2D eigenvalue weighted by Gasteiger charge is -2.31. The molecule has 1 heterocycles. The number of piperazine rings is 1. The minimum atomic E-state index is -4.06. The van der Waals surface area contributed by atoms with Gasteiger partial charge < -0.3 is 4.90 Å². The number of nitro benzene ring substituents is 1. The van der Waals surface area contributed by atoms with Crippen LogP contribution in [0.1, 0.15) is 0 Å². The maximum absolute atomic E-state index is 13.5. The predicted molar refractivity (Wildman–Crippen MR) is 69.3 cm³/mol. The van der Waals surface area contributed by atoms with Crippen LogP contribution in [0.15, 0.2) is 23.1 Å². The Labute approximate surface area is 115 Å². The molecular weight excluding hydrogens is 289 g/mol. The second kappa shape index (κ2) is 5.43. The number of hydrogen-bond donors (Lipinski definition) is 0. The lowest BCUT2D eigenvalue weighted by atomic mass is 10.3. The Bertz CT molecular complexity index is 627. The molecule has 1 aromatic rings. The van der Waals surface area contributed by atoms with Crippen LogP contribution >= 0.6 is 0 Å². The van der Waals surface area contributed by atoms with Gasteiger partial charge in [-0.1, -0.05) is 6.07 Å². The van der Waals surface area contributed by atoms with Crippen molar-refractivity contribution in [1.29, 1.82) is 0 Å². The summed E-state index contributed by atoms with van der Waals surface area (Å²) in [5, 5.41) is 10.9. The molecule has 9 heteroatoms.